The van der Waals surface area contributed by atoms with Gasteiger partial charge in [0.05, 0.1) is 22.7 Å². The van der Waals surface area contributed by atoms with Crippen LogP contribution in [0, 0.1) is 0 Å². The molecule has 2 heterocycles. The second-order valence-corrected chi connectivity index (χ2v) is 7.52. The molecule has 0 aliphatic carbocycles. The fraction of sp³-hybridized carbons (Fsp3) is 0. The lowest BCUT2D eigenvalue weighted by molar-refractivity contribution is 1.45. The third kappa shape index (κ3) is 3.03. The van der Waals surface area contributed by atoms with Crippen LogP contribution in [0.2, 0.25) is 0 Å². The molecule has 0 saturated carbocycles. The average molecular weight is 366 g/mol. The number of rotatable bonds is 0. The van der Waals surface area contributed by atoms with Gasteiger partial charge in [-0.2, -0.15) is 0 Å². The van der Waals surface area contributed by atoms with Crippen molar-refractivity contribution < 1.29 is 0 Å². The van der Waals surface area contributed by atoms with Crippen LogP contribution in [0.4, 0.5) is 22.7 Å². The summed E-state index contributed by atoms with van der Waals surface area (Å²) in [5, 5.41) is 9.51. The molecule has 1 aliphatic heterocycles. The molecule has 0 bridgehead atoms. The predicted octanol–water partition coefficient (Wildman–Crippen LogP) is 7.54. The third-order valence-electron chi connectivity index (χ3n) is 4.68. The van der Waals surface area contributed by atoms with Gasteiger partial charge < -0.3 is 10.6 Å². The molecule has 27 heavy (non-hydrogen) atoms. The van der Waals surface area contributed by atoms with E-state index in [9.17, 15) is 0 Å². The van der Waals surface area contributed by atoms with Gasteiger partial charge in [-0.1, -0.05) is 60.7 Å². The van der Waals surface area contributed by atoms with Crippen molar-refractivity contribution in [2.75, 3.05) is 10.6 Å². The van der Waals surface area contributed by atoms with Gasteiger partial charge in [-0.25, -0.2) is 0 Å². The number of thiophene rings is 1. The van der Waals surface area contributed by atoms with Crippen molar-refractivity contribution in [1.82, 2.24) is 0 Å². The molecule has 6 rings (SSSR count). The van der Waals surface area contributed by atoms with Gasteiger partial charge in [0.2, 0.25) is 0 Å². The van der Waals surface area contributed by atoms with E-state index in [0.717, 1.165) is 22.7 Å². The zero-order valence-electron chi connectivity index (χ0n) is 14.6. The predicted molar refractivity (Wildman–Crippen MR) is 119 cm³/mol. The van der Waals surface area contributed by atoms with E-state index in [0.29, 0.717) is 0 Å². The standard InChI is InChI=1S/C12H10N2.C12H8S/c1-2-6-10-9(5-1)13-11-7-3-4-8-12(11)14-10;1-3-7-11-9(5-1)10-6-2-4-8-12(10)13-11/h1-8,13-14H;1-8H. The topological polar surface area (TPSA) is 24.1 Å². The van der Waals surface area contributed by atoms with E-state index in [1.807, 2.05) is 35.6 Å². The van der Waals surface area contributed by atoms with Gasteiger partial charge in [0, 0.05) is 20.2 Å². The molecule has 1 aromatic heterocycles. The van der Waals surface area contributed by atoms with Crippen molar-refractivity contribution >= 4 is 54.3 Å². The Morgan fingerprint density at radius 2 is 0.741 bits per heavy atom. The number of anilines is 4. The van der Waals surface area contributed by atoms with Crippen LogP contribution < -0.4 is 10.6 Å². The molecular weight excluding hydrogens is 348 g/mol. The summed E-state index contributed by atoms with van der Waals surface area (Å²) in [5.41, 5.74) is 4.52. The molecule has 4 aromatic carbocycles. The Morgan fingerprint density at radius 1 is 0.407 bits per heavy atom. The van der Waals surface area contributed by atoms with Crippen LogP contribution >= 0.6 is 11.3 Å². The van der Waals surface area contributed by atoms with Gasteiger partial charge in [-0.05, 0) is 36.4 Å². The normalized spacial score (nSPS) is 11.6. The first-order valence-electron chi connectivity index (χ1n) is 8.97. The molecule has 3 heteroatoms. The van der Waals surface area contributed by atoms with Gasteiger partial charge in [-0.15, -0.1) is 11.3 Å². The number of para-hydroxylation sites is 4. The van der Waals surface area contributed by atoms with Crippen molar-refractivity contribution in [3.8, 4) is 0 Å². The lowest BCUT2D eigenvalue weighted by Gasteiger charge is -2.22. The Kier molecular flexibility index (Phi) is 4.00. The van der Waals surface area contributed by atoms with Gasteiger partial charge in [0.15, 0.2) is 0 Å². The molecule has 2 nitrogen and oxygen atoms in total. The van der Waals surface area contributed by atoms with E-state index < -0.39 is 0 Å². The molecule has 0 spiro atoms. The highest BCUT2D eigenvalue weighted by Gasteiger charge is 2.11. The number of nitrogens with one attached hydrogen (secondary N) is 2. The fourth-order valence-corrected chi connectivity index (χ4v) is 4.47. The highest BCUT2D eigenvalue weighted by Crippen LogP contribution is 2.37. The number of fused-ring (bicyclic) bond motifs is 5. The van der Waals surface area contributed by atoms with Crippen molar-refractivity contribution in [3.63, 3.8) is 0 Å². The maximum atomic E-state index is 3.38. The largest absolute Gasteiger partial charge is 0.352 e. The van der Waals surface area contributed by atoms with Crippen molar-refractivity contribution in [3.05, 3.63) is 97.1 Å². The van der Waals surface area contributed by atoms with Crippen molar-refractivity contribution in [1.29, 1.82) is 0 Å². The molecule has 130 valence electrons. The van der Waals surface area contributed by atoms with Crippen LogP contribution in [0.3, 0.4) is 0 Å². The molecule has 0 unspecified atom stereocenters. The van der Waals surface area contributed by atoms with Crippen molar-refractivity contribution in [2.45, 2.75) is 0 Å². The number of benzene rings is 4. The van der Waals surface area contributed by atoms with E-state index in [1.54, 1.807) is 0 Å². The minimum Gasteiger partial charge on any atom is -0.352 e. The van der Waals surface area contributed by atoms with Crippen LogP contribution in [0.15, 0.2) is 97.1 Å². The first kappa shape index (κ1) is 15.9. The molecule has 0 amide bonds. The Hall–Kier alpha value is -3.30. The monoisotopic (exact) mass is 366 g/mol. The lowest BCUT2D eigenvalue weighted by Crippen LogP contribution is -2.05. The third-order valence-corrected chi connectivity index (χ3v) is 5.83. The van der Waals surface area contributed by atoms with Gasteiger partial charge in [-0.3, -0.25) is 0 Å². The van der Waals surface area contributed by atoms with Crippen molar-refractivity contribution in [2.24, 2.45) is 0 Å². The molecule has 0 atom stereocenters. The summed E-state index contributed by atoms with van der Waals surface area (Å²) in [4.78, 5) is 0. The summed E-state index contributed by atoms with van der Waals surface area (Å²) >= 11 is 1.86. The van der Waals surface area contributed by atoms with E-state index in [1.165, 1.54) is 20.2 Å². The molecule has 0 radical (unpaired) electrons. The smallest absolute Gasteiger partial charge is 0.0624 e. The van der Waals surface area contributed by atoms with Gasteiger partial charge >= 0.3 is 0 Å². The second kappa shape index (κ2) is 6.78. The first-order chi connectivity index (χ1) is 13.4. The maximum absolute atomic E-state index is 3.38. The maximum Gasteiger partial charge on any atom is 0.0624 e. The summed E-state index contributed by atoms with van der Waals surface area (Å²) in [7, 11) is 0. The number of hydrogen-bond donors (Lipinski definition) is 2. The van der Waals surface area contributed by atoms with E-state index in [2.05, 4.69) is 83.4 Å². The molecule has 1 aliphatic rings. The zero-order chi connectivity index (χ0) is 18.1. The van der Waals surface area contributed by atoms with E-state index in [4.69, 9.17) is 0 Å². The molecule has 5 aromatic rings. The molecule has 0 fully saturated rings. The minimum atomic E-state index is 1.13. The second-order valence-electron chi connectivity index (χ2n) is 6.44. The summed E-state index contributed by atoms with van der Waals surface area (Å²) in [5.74, 6) is 0. The highest BCUT2D eigenvalue weighted by atomic mass is 32.1. The molecule has 2 N–H and O–H groups in total. The highest BCUT2D eigenvalue weighted by molar-refractivity contribution is 7.25. The Labute approximate surface area is 162 Å². The Morgan fingerprint density at radius 3 is 1.15 bits per heavy atom. The van der Waals surface area contributed by atoms with Crippen LogP contribution in [0.1, 0.15) is 0 Å². The average Bonchev–Trinajstić information content (AvgIpc) is 3.11. The van der Waals surface area contributed by atoms with E-state index >= 15 is 0 Å². The van der Waals surface area contributed by atoms with Crippen LogP contribution in [0.5, 0.6) is 0 Å². The summed E-state index contributed by atoms with van der Waals surface area (Å²) in [6, 6.07) is 33.5. The van der Waals surface area contributed by atoms with Crippen LogP contribution in [-0.2, 0) is 0 Å². The van der Waals surface area contributed by atoms with E-state index in [-0.39, 0.29) is 0 Å². The Balaban J connectivity index is 0.000000119. The lowest BCUT2D eigenvalue weighted by atomic mass is 10.1. The Bertz CT molecular complexity index is 1100. The van der Waals surface area contributed by atoms with Crippen LogP contribution in [0.25, 0.3) is 20.2 Å². The molecule has 0 saturated heterocycles. The van der Waals surface area contributed by atoms with Gasteiger partial charge in [0.25, 0.3) is 0 Å². The first-order valence-corrected chi connectivity index (χ1v) is 9.78. The van der Waals surface area contributed by atoms with Crippen LogP contribution in [-0.4, -0.2) is 0 Å². The summed E-state index contributed by atoms with van der Waals surface area (Å²) in [6.07, 6.45) is 0. The number of hydrogen-bond acceptors (Lipinski definition) is 3. The SMILES string of the molecule is c1ccc2c(c1)Nc1ccccc1N2.c1ccc2c(c1)sc1ccccc12. The zero-order valence-corrected chi connectivity index (χ0v) is 15.5. The van der Waals surface area contributed by atoms with Gasteiger partial charge in [0.1, 0.15) is 0 Å². The summed E-state index contributed by atoms with van der Waals surface area (Å²) < 4.78 is 2.76. The molecular formula is C24H18N2S. The summed E-state index contributed by atoms with van der Waals surface area (Å²) in [6.45, 7) is 0. The minimum absolute atomic E-state index is 1.13. The quantitative estimate of drug-likeness (QED) is 0.290. The fourth-order valence-electron chi connectivity index (χ4n) is 3.37.